The monoisotopic (exact) mass is 586 g/mol. The van der Waals surface area contributed by atoms with Crippen LogP contribution in [0.25, 0.3) is 0 Å². The van der Waals surface area contributed by atoms with Crippen molar-refractivity contribution in [2.45, 2.75) is 71.8 Å². The lowest BCUT2D eigenvalue weighted by Crippen LogP contribution is -2.42. The lowest BCUT2D eigenvalue weighted by atomic mass is 9.86. The number of unbranched alkanes of at least 4 members (excludes halogenated alkanes) is 1. The SMILES string of the molecule is C=O.CCCC.Cc1cc(Nc2nc(Nc3cc(C)c(C4CCN(C5CCN(C)C5)CC4)cc3F)ncc2Cl)n[nH]1. The van der Waals surface area contributed by atoms with E-state index in [-0.39, 0.29) is 11.8 Å². The van der Waals surface area contributed by atoms with Gasteiger partial charge in [0.05, 0.1) is 11.9 Å². The highest BCUT2D eigenvalue weighted by atomic mass is 35.5. The van der Waals surface area contributed by atoms with E-state index in [0.29, 0.717) is 34.3 Å². The van der Waals surface area contributed by atoms with Crippen molar-refractivity contribution in [3.05, 3.63) is 52.1 Å². The van der Waals surface area contributed by atoms with Gasteiger partial charge >= 0.3 is 0 Å². The highest BCUT2D eigenvalue weighted by molar-refractivity contribution is 6.32. The maximum Gasteiger partial charge on any atom is 0.229 e. The highest BCUT2D eigenvalue weighted by Crippen LogP contribution is 2.35. The Morgan fingerprint density at radius 2 is 1.78 bits per heavy atom. The number of rotatable bonds is 7. The largest absolute Gasteiger partial charge is 0.322 e. The van der Waals surface area contributed by atoms with E-state index in [1.807, 2.05) is 32.8 Å². The van der Waals surface area contributed by atoms with Crippen LogP contribution in [0.2, 0.25) is 5.02 Å². The van der Waals surface area contributed by atoms with Crippen LogP contribution in [0, 0.1) is 19.7 Å². The van der Waals surface area contributed by atoms with Crippen LogP contribution in [0.5, 0.6) is 0 Å². The van der Waals surface area contributed by atoms with Crippen LogP contribution in [0.15, 0.2) is 24.4 Å². The Kier molecular flexibility index (Phi) is 12.5. The van der Waals surface area contributed by atoms with Crippen LogP contribution in [-0.2, 0) is 4.79 Å². The summed E-state index contributed by atoms with van der Waals surface area (Å²) >= 11 is 6.24. The number of carbonyl (C=O) groups excluding carboxylic acids is 1. The second-order valence-corrected chi connectivity index (χ2v) is 11.2. The van der Waals surface area contributed by atoms with Crippen molar-refractivity contribution in [1.29, 1.82) is 0 Å². The summed E-state index contributed by atoms with van der Waals surface area (Å²) in [4.78, 5) is 21.7. The number of hydrogen-bond acceptors (Lipinski definition) is 8. The van der Waals surface area contributed by atoms with E-state index in [1.54, 1.807) is 6.07 Å². The average molecular weight is 587 g/mol. The molecule has 11 heteroatoms. The normalized spacial score (nSPS) is 17.8. The molecule has 1 aromatic carbocycles. The Morgan fingerprint density at radius 1 is 1.07 bits per heavy atom. The molecule has 0 aliphatic carbocycles. The van der Waals surface area contributed by atoms with Gasteiger partial charge in [0.15, 0.2) is 11.6 Å². The number of carbonyl (C=O) groups is 1. The number of likely N-dealkylation sites (tertiary alicyclic amines) is 2. The molecule has 3 aromatic rings. The van der Waals surface area contributed by atoms with Crippen molar-refractivity contribution < 1.29 is 9.18 Å². The van der Waals surface area contributed by atoms with Crippen LogP contribution in [-0.4, -0.2) is 76.0 Å². The van der Waals surface area contributed by atoms with E-state index in [2.05, 4.69) is 61.5 Å². The van der Waals surface area contributed by atoms with E-state index < -0.39 is 0 Å². The first-order chi connectivity index (χ1) is 19.8. The Bertz CT molecular complexity index is 1250. The molecule has 0 amide bonds. The Balaban J connectivity index is 0.000000710. The molecule has 0 spiro atoms. The fourth-order valence-corrected chi connectivity index (χ4v) is 5.40. The smallest absolute Gasteiger partial charge is 0.229 e. The number of halogens is 2. The number of anilines is 4. The summed E-state index contributed by atoms with van der Waals surface area (Å²) in [6.45, 7) is 14.8. The standard InChI is InChI=1S/C25H32ClFN8.C4H10.CH2O/c1-15-10-22(29-25-28-13-20(26)24(31-25)30-23-11-16(2)32-33-23)21(27)12-19(15)17-4-8-35(9-5-17)18-6-7-34(3)14-18;1-3-4-2;1-2/h10-13,17-18H,4-9,14H2,1-3H3,(H3,28,29,30,31,32,33);3-4H2,1-2H3;1H2. The third-order valence-corrected chi connectivity index (χ3v) is 7.93. The van der Waals surface area contributed by atoms with Gasteiger partial charge in [0, 0.05) is 24.3 Å². The highest BCUT2D eigenvalue weighted by Gasteiger charge is 2.30. The minimum atomic E-state index is -0.304. The fourth-order valence-electron chi connectivity index (χ4n) is 5.26. The summed E-state index contributed by atoms with van der Waals surface area (Å²) in [5, 5.41) is 13.4. The zero-order chi connectivity index (χ0) is 29.9. The molecule has 3 N–H and O–H groups in total. The molecule has 1 unspecified atom stereocenters. The van der Waals surface area contributed by atoms with E-state index >= 15 is 4.39 Å². The van der Waals surface area contributed by atoms with Crippen LogP contribution >= 0.6 is 11.6 Å². The number of nitrogens with zero attached hydrogens (tertiary/aromatic N) is 5. The van der Waals surface area contributed by atoms with Gasteiger partial charge in [-0.25, -0.2) is 9.37 Å². The van der Waals surface area contributed by atoms with Crippen molar-refractivity contribution in [1.82, 2.24) is 30.0 Å². The molecule has 1 atom stereocenters. The van der Waals surface area contributed by atoms with Crippen LogP contribution in [0.1, 0.15) is 68.7 Å². The molecule has 0 radical (unpaired) electrons. The Hall–Kier alpha value is -3.08. The molecule has 9 nitrogen and oxygen atoms in total. The summed E-state index contributed by atoms with van der Waals surface area (Å²) < 4.78 is 15.2. The molecule has 5 rings (SSSR count). The number of H-pyrrole nitrogens is 1. The van der Waals surface area contributed by atoms with Gasteiger partial charge in [-0.15, -0.1) is 0 Å². The summed E-state index contributed by atoms with van der Waals surface area (Å²) in [5.41, 5.74) is 3.43. The Labute approximate surface area is 248 Å². The molecule has 2 aliphatic rings. The van der Waals surface area contributed by atoms with E-state index in [4.69, 9.17) is 16.4 Å². The average Bonchev–Trinajstić information content (AvgIpc) is 3.61. The quantitative estimate of drug-likeness (QED) is 0.284. The maximum absolute atomic E-state index is 15.2. The number of aryl methyl sites for hydroxylation is 2. The Morgan fingerprint density at radius 3 is 2.37 bits per heavy atom. The van der Waals surface area contributed by atoms with Crippen molar-refractivity contribution in [3.63, 3.8) is 0 Å². The number of aromatic amines is 1. The van der Waals surface area contributed by atoms with Crippen LogP contribution in [0.4, 0.5) is 27.7 Å². The number of aromatic nitrogens is 4. The van der Waals surface area contributed by atoms with Gasteiger partial charge in [-0.3, -0.25) is 10.00 Å². The van der Waals surface area contributed by atoms with E-state index in [1.165, 1.54) is 32.0 Å². The van der Waals surface area contributed by atoms with Gasteiger partial charge in [-0.05, 0) is 89.0 Å². The lowest BCUT2D eigenvalue weighted by molar-refractivity contribution is -0.0980. The number of nitrogens with one attached hydrogen (secondary N) is 3. The van der Waals surface area contributed by atoms with Gasteiger partial charge < -0.3 is 20.3 Å². The number of likely N-dealkylation sites (N-methyl/N-ethyl adjacent to an activating group) is 1. The summed E-state index contributed by atoms with van der Waals surface area (Å²) in [6, 6.07) is 6.04. The molecule has 4 heterocycles. The molecule has 2 aliphatic heterocycles. The van der Waals surface area contributed by atoms with Gasteiger partial charge in [0.2, 0.25) is 5.95 Å². The number of hydrogen-bond donors (Lipinski definition) is 3. The zero-order valence-electron chi connectivity index (χ0n) is 24.9. The van der Waals surface area contributed by atoms with Crippen molar-refractivity contribution >= 4 is 41.7 Å². The van der Waals surface area contributed by atoms with Crippen LogP contribution < -0.4 is 10.6 Å². The molecular weight excluding hydrogens is 543 g/mol. The third-order valence-electron chi connectivity index (χ3n) is 7.65. The fraction of sp³-hybridized carbons (Fsp3) is 0.533. The molecule has 0 saturated carbocycles. The molecule has 2 aromatic heterocycles. The predicted molar refractivity (Wildman–Crippen MR) is 165 cm³/mol. The number of piperidine rings is 1. The molecule has 2 fully saturated rings. The first-order valence-electron chi connectivity index (χ1n) is 14.4. The van der Waals surface area contributed by atoms with Crippen LogP contribution in [0.3, 0.4) is 0 Å². The minimum Gasteiger partial charge on any atom is -0.322 e. The molecular formula is C30H44ClFN8O. The maximum atomic E-state index is 15.2. The van der Waals surface area contributed by atoms with Gasteiger partial charge in [-0.2, -0.15) is 10.1 Å². The molecule has 2 saturated heterocycles. The third kappa shape index (κ3) is 8.95. The number of benzene rings is 1. The minimum absolute atomic E-state index is 0.255. The van der Waals surface area contributed by atoms with Crippen molar-refractivity contribution in [3.8, 4) is 0 Å². The van der Waals surface area contributed by atoms with Crippen molar-refractivity contribution in [2.75, 3.05) is 43.9 Å². The van der Waals surface area contributed by atoms with E-state index in [9.17, 15) is 0 Å². The van der Waals surface area contributed by atoms with Gasteiger partial charge in [0.1, 0.15) is 17.6 Å². The molecule has 41 heavy (non-hydrogen) atoms. The topological polar surface area (TPSA) is 102 Å². The molecule has 224 valence electrons. The second kappa shape index (κ2) is 15.8. The second-order valence-electron chi connectivity index (χ2n) is 10.8. The molecule has 0 bridgehead atoms. The predicted octanol–water partition coefficient (Wildman–Crippen LogP) is 6.60. The summed E-state index contributed by atoms with van der Waals surface area (Å²) in [7, 11) is 2.20. The zero-order valence-corrected chi connectivity index (χ0v) is 25.7. The summed E-state index contributed by atoms with van der Waals surface area (Å²) in [5.74, 6) is 1.32. The lowest BCUT2D eigenvalue weighted by Gasteiger charge is -2.36. The van der Waals surface area contributed by atoms with Gasteiger partial charge in [-0.1, -0.05) is 38.3 Å². The summed E-state index contributed by atoms with van der Waals surface area (Å²) in [6.07, 6.45) is 7.50. The van der Waals surface area contributed by atoms with E-state index in [0.717, 1.165) is 49.3 Å². The first-order valence-corrected chi connectivity index (χ1v) is 14.7. The van der Waals surface area contributed by atoms with Gasteiger partial charge in [0.25, 0.3) is 0 Å². The van der Waals surface area contributed by atoms with Crippen molar-refractivity contribution in [2.24, 2.45) is 0 Å². The first kappa shape index (κ1) is 32.4.